The first-order chi connectivity index (χ1) is 9.19. The second-order valence-corrected chi connectivity index (χ2v) is 4.68. The monoisotopic (exact) mass is 260 g/mol. The van der Waals surface area contributed by atoms with Gasteiger partial charge in [-0.25, -0.2) is 0 Å². The molecule has 1 amide bonds. The molecule has 1 aromatic carbocycles. The Balaban J connectivity index is 2.46. The van der Waals surface area contributed by atoms with Crippen LogP contribution in [0.4, 0.5) is 0 Å². The molecule has 0 saturated carbocycles. The van der Waals surface area contributed by atoms with E-state index in [0.717, 1.165) is 18.5 Å². The molecule has 19 heavy (non-hydrogen) atoms. The summed E-state index contributed by atoms with van der Waals surface area (Å²) < 4.78 is 0. The van der Waals surface area contributed by atoms with Crippen LogP contribution in [0.25, 0.3) is 0 Å². The van der Waals surface area contributed by atoms with Gasteiger partial charge in [-0.2, -0.15) is 0 Å². The highest BCUT2D eigenvalue weighted by Gasteiger charge is 2.13. The molecule has 0 aliphatic carbocycles. The third-order valence-corrected chi connectivity index (χ3v) is 3.09. The van der Waals surface area contributed by atoms with Crippen LogP contribution in [-0.2, 0) is 4.79 Å². The fraction of sp³-hybridized carbons (Fsp3) is 0.438. The lowest BCUT2D eigenvalue weighted by atomic mass is 10.0. The quantitative estimate of drug-likeness (QED) is 0.731. The van der Waals surface area contributed by atoms with Gasteiger partial charge in [-0.15, -0.1) is 6.58 Å². The largest absolute Gasteiger partial charge is 0.339 e. The molecular weight excluding hydrogens is 236 g/mol. The fourth-order valence-corrected chi connectivity index (χ4v) is 2.05. The summed E-state index contributed by atoms with van der Waals surface area (Å²) in [5.74, 6) is 0.160. The van der Waals surface area contributed by atoms with Crippen LogP contribution in [0.2, 0.25) is 0 Å². The summed E-state index contributed by atoms with van der Waals surface area (Å²) in [7, 11) is 0. The van der Waals surface area contributed by atoms with Crippen LogP contribution in [-0.4, -0.2) is 23.9 Å². The van der Waals surface area contributed by atoms with Crippen LogP contribution in [0, 0.1) is 0 Å². The summed E-state index contributed by atoms with van der Waals surface area (Å²) in [6.45, 7) is 7.16. The summed E-state index contributed by atoms with van der Waals surface area (Å²) in [4.78, 5) is 13.9. The summed E-state index contributed by atoms with van der Waals surface area (Å²) in [6, 6.07) is 9.84. The van der Waals surface area contributed by atoms with Gasteiger partial charge in [0, 0.05) is 25.6 Å². The van der Waals surface area contributed by atoms with Gasteiger partial charge in [0.2, 0.25) is 5.91 Å². The summed E-state index contributed by atoms with van der Waals surface area (Å²) in [5.41, 5.74) is 7.18. The van der Waals surface area contributed by atoms with Crippen molar-refractivity contribution in [1.29, 1.82) is 0 Å². The van der Waals surface area contributed by atoms with E-state index in [0.29, 0.717) is 19.4 Å². The highest BCUT2D eigenvalue weighted by Crippen LogP contribution is 2.15. The van der Waals surface area contributed by atoms with Gasteiger partial charge < -0.3 is 10.6 Å². The normalized spacial score (nSPS) is 11.9. The van der Waals surface area contributed by atoms with Crippen LogP contribution in [0.15, 0.2) is 43.0 Å². The Hall–Kier alpha value is -1.61. The van der Waals surface area contributed by atoms with E-state index in [4.69, 9.17) is 5.73 Å². The minimum atomic E-state index is -0.0719. The van der Waals surface area contributed by atoms with Crippen molar-refractivity contribution in [2.24, 2.45) is 5.73 Å². The first-order valence-electron chi connectivity index (χ1n) is 6.88. The third-order valence-electron chi connectivity index (χ3n) is 3.09. The Morgan fingerprint density at radius 2 is 2.11 bits per heavy atom. The summed E-state index contributed by atoms with van der Waals surface area (Å²) >= 11 is 0. The number of hydrogen-bond acceptors (Lipinski definition) is 2. The lowest BCUT2D eigenvalue weighted by Crippen LogP contribution is -2.32. The molecule has 1 unspecified atom stereocenters. The van der Waals surface area contributed by atoms with Gasteiger partial charge in [0.1, 0.15) is 0 Å². The van der Waals surface area contributed by atoms with Crippen molar-refractivity contribution in [3.63, 3.8) is 0 Å². The van der Waals surface area contributed by atoms with Crippen LogP contribution in [0.1, 0.15) is 37.8 Å². The van der Waals surface area contributed by atoms with E-state index < -0.39 is 0 Å². The van der Waals surface area contributed by atoms with Gasteiger partial charge in [-0.3, -0.25) is 4.79 Å². The first kappa shape index (κ1) is 15.4. The molecule has 1 rings (SSSR count). The highest BCUT2D eigenvalue weighted by atomic mass is 16.2. The molecule has 2 N–H and O–H groups in total. The van der Waals surface area contributed by atoms with E-state index in [-0.39, 0.29) is 11.9 Å². The van der Waals surface area contributed by atoms with Gasteiger partial charge in [-0.1, -0.05) is 43.3 Å². The first-order valence-corrected chi connectivity index (χ1v) is 6.88. The maximum atomic E-state index is 12.1. The van der Waals surface area contributed by atoms with Crippen molar-refractivity contribution in [1.82, 2.24) is 4.90 Å². The number of amides is 1. The Kier molecular flexibility index (Phi) is 6.90. The number of carbonyl (C=O) groups excluding carboxylic acids is 1. The Morgan fingerprint density at radius 3 is 2.68 bits per heavy atom. The maximum Gasteiger partial charge on any atom is 0.222 e. The zero-order chi connectivity index (χ0) is 14.1. The van der Waals surface area contributed by atoms with Crippen LogP contribution >= 0.6 is 0 Å². The van der Waals surface area contributed by atoms with Gasteiger partial charge in [-0.05, 0) is 18.4 Å². The van der Waals surface area contributed by atoms with Crippen molar-refractivity contribution in [2.75, 3.05) is 13.1 Å². The minimum absolute atomic E-state index is 0.0719. The fourth-order valence-electron chi connectivity index (χ4n) is 2.05. The number of hydrogen-bond donors (Lipinski definition) is 1. The summed E-state index contributed by atoms with van der Waals surface area (Å²) in [6.07, 6.45) is 3.90. The second-order valence-electron chi connectivity index (χ2n) is 4.68. The maximum absolute atomic E-state index is 12.1. The smallest absolute Gasteiger partial charge is 0.222 e. The third kappa shape index (κ3) is 5.26. The molecule has 1 aromatic rings. The highest BCUT2D eigenvalue weighted by molar-refractivity contribution is 5.76. The Morgan fingerprint density at radius 1 is 1.42 bits per heavy atom. The molecule has 3 heteroatoms. The average Bonchev–Trinajstić information content (AvgIpc) is 2.45. The van der Waals surface area contributed by atoms with E-state index in [1.54, 1.807) is 6.08 Å². The zero-order valence-electron chi connectivity index (χ0n) is 11.7. The number of nitrogens with zero attached hydrogens (tertiary/aromatic N) is 1. The topological polar surface area (TPSA) is 46.3 Å². The number of benzene rings is 1. The second kappa shape index (κ2) is 8.48. The predicted molar refractivity (Wildman–Crippen MR) is 79.7 cm³/mol. The molecule has 0 fully saturated rings. The van der Waals surface area contributed by atoms with Gasteiger partial charge in [0.25, 0.3) is 0 Å². The Labute approximate surface area is 116 Å². The molecule has 0 aliphatic rings. The van der Waals surface area contributed by atoms with Crippen molar-refractivity contribution in [2.45, 2.75) is 32.2 Å². The molecule has 3 nitrogen and oxygen atoms in total. The molecule has 0 radical (unpaired) electrons. The average molecular weight is 260 g/mol. The summed E-state index contributed by atoms with van der Waals surface area (Å²) in [5, 5.41) is 0. The molecule has 0 aliphatic heterocycles. The van der Waals surface area contributed by atoms with Crippen molar-refractivity contribution < 1.29 is 4.79 Å². The van der Waals surface area contributed by atoms with Gasteiger partial charge in [0.15, 0.2) is 0 Å². The molecule has 0 aromatic heterocycles. The van der Waals surface area contributed by atoms with Gasteiger partial charge in [0.05, 0.1) is 0 Å². The molecule has 104 valence electrons. The molecular formula is C16H24N2O. The molecule has 0 bridgehead atoms. The lowest BCUT2D eigenvalue weighted by molar-refractivity contribution is -0.130. The van der Waals surface area contributed by atoms with E-state index in [9.17, 15) is 4.79 Å². The van der Waals surface area contributed by atoms with E-state index in [1.165, 1.54) is 0 Å². The van der Waals surface area contributed by atoms with E-state index in [1.807, 2.05) is 35.2 Å². The molecule has 0 heterocycles. The van der Waals surface area contributed by atoms with Crippen molar-refractivity contribution >= 4 is 5.91 Å². The number of nitrogens with two attached hydrogens (primary N) is 1. The number of rotatable bonds is 8. The van der Waals surface area contributed by atoms with Gasteiger partial charge >= 0.3 is 0 Å². The predicted octanol–water partition coefficient (Wildman–Crippen LogP) is 2.89. The van der Waals surface area contributed by atoms with Crippen molar-refractivity contribution in [3.8, 4) is 0 Å². The lowest BCUT2D eigenvalue weighted by Gasteiger charge is -2.21. The van der Waals surface area contributed by atoms with Crippen LogP contribution in [0.5, 0.6) is 0 Å². The SMILES string of the molecule is C=CCN(CCC)C(=O)CCC(N)c1ccccc1. The van der Waals surface area contributed by atoms with E-state index >= 15 is 0 Å². The van der Waals surface area contributed by atoms with Crippen LogP contribution in [0.3, 0.4) is 0 Å². The Bertz CT molecular complexity index is 389. The zero-order valence-corrected chi connectivity index (χ0v) is 11.7. The molecule has 1 atom stereocenters. The minimum Gasteiger partial charge on any atom is -0.339 e. The molecule has 0 saturated heterocycles. The number of carbonyl (C=O) groups is 1. The van der Waals surface area contributed by atoms with E-state index in [2.05, 4.69) is 13.5 Å². The van der Waals surface area contributed by atoms with Crippen molar-refractivity contribution in [3.05, 3.63) is 48.6 Å². The van der Waals surface area contributed by atoms with Crippen LogP contribution < -0.4 is 5.73 Å². The standard InChI is InChI=1S/C16H24N2O/c1-3-12-18(13-4-2)16(19)11-10-15(17)14-8-6-5-7-9-14/h3,5-9,15H,1,4,10-13,17H2,2H3. The molecule has 0 spiro atoms.